The molecule has 0 aliphatic carbocycles. The van der Waals surface area contributed by atoms with Gasteiger partial charge in [-0.15, -0.1) is 12.6 Å². The number of carbonyl (C=O) groups excluding carboxylic acids is 2. The first-order valence-corrected chi connectivity index (χ1v) is 5.95. The van der Waals surface area contributed by atoms with Crippen LogP contribution in [0.1, 0.15) is 18.6 Å². The Morgan fingerprint density at radius 3 is 2.56 bits per heavy atom. The van der Waals surface area contributed by atoms with Crippen molar-refractivity contribution in [1.29, 1.82) is 0 Å². The predicted molar refractivity (Wildman–Crippen MR) is 71.8 cm³/mol. The molecule has 2 rings (SSSR count). The molecular formula is C12H10ClNO3S. The number of benzene rings is 1. The van der Waals surface area contributed by atoms with E-state index < -0.39 is 5.97 Å². The first-order valence-electron chi connectivity index (χ1n) is 5.13. The summed E-state index contributed by atoms with van der Waals surface area (Å²) >= 11 is 10.2. The lowest BCUT2D eigenvalue weighted by Gasteiger charge is -2.01. The number of nitrogens with zero attached hydrogens (tertiary/aromatic N) is 1. The van der Waals surface area contributed by atoms with Gasteiger partial charge in [-0.3, -0.25) is 14.2 Å². The fourth-order valence-electron chi connectivity index (χ4n) is 1.70. The summed E-state index contributed by atoms with van der Waals surface area (Å²) in [6.07, 6.45) is 1.47. The molecule has 1 aromatic carbocycles. The zero-order valence-electron chi connectivity index (χ0n) is 9.73. The summed E-state index contributed by atoms with van der Waals surface area (Å²) in [4.78, 5) is 23.1. The molecule has 0 unspecified atom stereocenters. The van der Waals surface area contributed by atoms with Gasteiger partial charge in [-0.2, -0.15) is 0 Å². The molecule has 0 N–H and O–H groups in total. The second kappa shape index (κ2) is 4.66. The normalized spacial score (nSPS) is 10.7. The van der Waals surface area contributed by atoms with Crippen LogP contribution in [0.4, 0.5) is 0 Å². The van der Waals surface area contributed by atoms with E-state index in [4.69, 9.17) is 16.3 Å². The van der Waals surface area contributed by atoms with E-state index in [2.05, 4.69) is 12.6 Å². The van der Waals surface area contributed by atoms with Gasteiger partial charge in [0.2, 0.25) is 5.91 Å². The van der Waals surface area contributed by atoms with E-state index in [1.165, 1.54) is 24.6 Å². The van der Waals surface area contributed by atoms with Crippen molar-refractivity contribution in [2.24, 2.45) is 0 Å². The molecule has 4 nitrogen and oxygen atoms in total. The number of fused-ring (bicyclic) bond motifs is 1. The molecule has 6 heteroatoms. The molecular weight excluding hydrogens is 274 g/mol. The minimum atomic E-state index is -0.451. The third kappa shape index (κ3) is 2.23. The van der Waals surface area contributed by atoms with Crippen LogP contribution in [0.15, 0.2) is 23.2 Å². The molecule has 0 saturated heterocycles. The predicted octanol–water partition coefficient (Wildman–Crippen LogP) is 3.17. The maximum atomic E-state index is 11.5. The number of ether oxygens (including phenoxy) is 1. The Labute approximate surface area is 114 Å². The molecule has 94 valence electrons. The van der Waals surface area contributed by atoms with Gasteiger partial charge in [-0.25, -0.2) is 0 Å². The van der Waals surface area contributed by atoms with Crippen LogP contribution in [0, 0.1) is 0 Å². The summed E-state index contributed by atoms with van der Waals surface area (Å²) in [7, 11) is 0. The minimum Gasteiger partial charge on any atom is -0.424 e. The maximum Gasteiger partial charge on any atom is 0.308 e. The quantitative estimate of drug-likeness (QED) is 0.646. The van der Waals surface area contributed by atoms with Crippen LogP contribution in [0.25, 0.3) is 10.9 Å². The van der Waals surface area contributed by atoms with E-state index in [1.54, 1.807) is 12.1 Å². The van der Waals surface area contributed by atoms with E-state index in [9.17, 15) is 9.59 Å². The highest BCUT2D eigenvalue weighted by molar-refractivity contribution is 7.80. The second-order valence-electron chi connectivity index (χ2n) is 3.80. The molecule has 0 bridgehead atoms. The van der Waals surface area contributed by atoms with E-state index >= 15 is 0 Å². The van der Waals surface area contributed by atoms with Crippen LogP contribution in [-0.2, 0) is 4.79 Å². The summed E-state index contributed by atoms with van der Waals surface area (Å²) < 4.78 is 6.45. The molecule has 0 aliphatic rings. The van der Waals surface area contributed by atoms with Crippen molar-refractivity contribution < 1.29 is 14.3 Å². The minimum absolute atomic E-state index is 0.193. The summed E-state index contributed by atoms with van der Waals surface area (Å²) in [5, 5.41) is 1.05. The average molecular weight is 284 g/mol. The molecule has 0 spiro atoms. The number of hydrogen-bond acceptors (Lipinski definition) is 4. The van der Waals surface area contributed by atoms with Crippen LogP contribution in [-0.4, -0.2) is 16.4 Å². The molecule has 0 saturated carbocycles. The molecule has 0 atom stereocenters. The second-order valence-corrected chi connectivity index (χ2v) is 4.69. The summed E-state index contributed by atoms with van der Waals surface area (Å²) in [5.74, 6) is -0.325. The fourth-order valence-corrected chi connectivity index (χ4v) is 2.05. The zero-order chi connectivity index (χ0) is 13.4. The maximum absolute atomic E-state index is 11.5. The number of rotatable bonds is 1. The van der Waals surface area contributed by atoms with Crippen molar-refractivity contribution in [3.05, 3.63) is 23.4 Å². The lowest BCUT2D eigenvalue weighted by atomic mass is 10.2. The fraction of sp³-hybridized carbons (Fsp3) is 0.167. The Morgan fingerprint density at radius 1 is 1.33 bits per heavy atom. The van der Waals surface area contributed by atoms with Crippen LogP contribution in [0.3, 0.4) is 0 Å². The summed E-state index contributed by atoms with van der Waals surface area (Å²) in [5.41, 5.74) is 0.585. The molecule has 0 fully saturated rings. The number of aromatic nitrogens is 1. The van der Waals surface area contributed by atoms with E-state index in [0.29, 0.717) is 26.6 Å². The monoisotopic (exact) mass is 283 g/mol. The highest BCUT2D eigenvalue weighted by atomic mass is 35.5. The van der Waals surface area contributed by atoms with Gasteiger partial charge < -0.3 is 4.74 Å². The number of thiol groups is 1. The van der Waals surface area contributed by atoms with E-state index in [0.717, 1.165) is 0 Å². The van der Waals surface area contributed by atoms with Gasteiger partial charge in [0.25, 0.3) is 0 Å². The number of hydrogen-bond donors (Lipinski definition) is 1. The van der Waals surface area contributed by atoms with Gasteiger partial charge in [0.15, 0.2) is 5.75 Å². The summed E-state index contributed by atoms with van der Waals surface area (Å²) in [6.45, 7) is 2.72. The van der Waals surface area contributed by atoms with Crippen molar-refractivity contribution in [3.63, 3.8) is 0 Å². The van der Waals surface area contributed by atoms with Gasteiger partial charge >= 0.3 is 5.97 Å². The van der Waals surface area contributed by atoms with Crippen molar-refractivity contribution >= 4 is 47.0 Å². The van der Waals surface area contributed by atoms with E-state index in [1.807, 2.05) is 0 Å². The van der Waals surface area contributed by atoms with Gasteiger partial charge in [-0.1, -0.05) is 11.6 Å². The van der Waals surface area contributed by atoms with E-state index in [-0.39, 0.29) is 5.91 Å². The third-order valence-electron chi connectivity index (χ3n) is 2.43. The lowest BCUT2D eigenvalue weighted by molar-refractivity contribution is -0.131. The molecule has 2 aromatic rings. The highest BCUT2D eigenvalue weighted by Gasteiger charge is 2.15. The molecule has 18 heavy (non-hydrogen) atoms. The number of carbonyl (C=O) groups is 2. The van der Waals surface area contributed by atoms with Crippen LogP contribution < -0.4 is 4.74 Å². The number of esters is 1. The lowest BCUT2D eigenvalue weighted by Crippen LogP contribution is -2.03. The Kier molecular flexibility index (Phi) is 3.36. The smallest absolute Gasteiger partial charge is 0.308 e. The zero-order valence-corrected chi connectivity index (χ0v) is 11.4. The van der Waals surface area contributed by atoms with Crippen molar-refractivity contribution in [2.75, 3.05) is 0 Å². The highest BCUT2D eigenvalue weighted by Crippen LogP contribution is 2.34. The molecule has 1 heterocycles. The Balaban J connectivity index is 2.76. The molecule has 0 aliphatic heterocycles. The third-order valence-corrected chi connectivity index (χ3v) is 3.24. The Bertz CT molecular complexity index is 663. The van der Waals surface area contributed by atoms with Gasteiger partial charge in [0.05, 0.1) is 16.7 Å². The van der Waals surface area contributed by atoms with Gasteiger partial charge in [0, 0.05) is 24.1 Å². The molecule has 0 radical (unpaired) electrons. The van der Waals surface area contributed by atoms with Gasteiger partial charge in [-0.05, 0) is 12.1 Å². The van der Waals surface area contributed by atoms with Crippen LogP contribution in [0.2, 0.25) is 5.02 Å². The number of halogens is 1. The molecule has 0 amide bonds. The van der Waals surface area contributed by atoms with Crippen LogP contribution >= 0.6 is 24.2 Å². The van der Waals surface area contributed by atoms with Crippen LogP contribution in [0.5, 0.6) is 5.75 Å². The largest absolute Gasteiger partial charge is 0.424 e. The molecule has 1 aromatic heterocycles. The van der Waals surface area contributed by atoms with Crippen molar-refractivity contribution in [3.8, 4) is 5.75 Å². The Hall–Kier alpha value is -1.46. The SMILES string of the molecule is CC(=O)Oc1cn(C(C)=O)c2cc(Cl)c(S)cc12. The average Bonchev–Trinajstić information content (AvgIpc) is 2.57. The van der Waals surface area contributed by atoms with Crippen molar-refractivity contribution in [2.45, 2.75) is 18.7 Å². The Morgan fingerprint density at radius 2 is 2.00 bits per heavy atom. The van der Waals surface area contributed by atoms with Gasteiger partial charge in [0.1, 0.15) is 0 Å². The topological polar surface area (TPSA) is 48.3 Å². The first-order chi connectivity index (χ1) is 8.40. The van der Waals surface area contributed by atoms with Crippen molar-refractivity contribution in [1.82, 2.24) is 4.57 Å². The summed E-state index contributed by atoms with van der Waals surface area (Å²) in [6, 6.07) is 3.28. The standard InChI is InChI=1S/C12H10ClNO3S/c1-6(15)14-5-11(17-7(2)16)8-3-12(18)9(13)4-10(8)14/h3-5,18H,1-2H3. The first kappa shape index (κ1) is 13.0.